The van der Waals surface area contributed by atoms with Gasteiger partial charge in [-0.3, -0.25) is 19.2 Å². The minimum absolute atomic E-state index is 0.146. The molecular weight excluding hydrogens is 374 g/mol. The van der Waals surface area contributed by atoms with Gasteiger partial charge in [-0.15, -0.1) is 0 Å². The summed E-state index contributed by atoms with van der Waals surface area (Å²) < 4.78 is 0. The molecule has 0 saturated heterocycles. The molecule has 3 unspecified atom stereocenters. The van der Waals surface area contributed by atoms with Crippen molar-refractivity contribution in [3.63, 3.8) is 0 Å². The highest BCUT2D eigenvalue weighted by Gasteiger charge is 2.33. The summed E-state index contributed by atoms with van der Waals surface area (Å²) in [5.74, 6) is -1.68. The Morgan fingerprint density at radius 1 is 1.00 bits per heavy atom. The maximum atomic E-state index is 12.7. The molecule has 29 heavy (non-hydrogen) atoms. The zero-order valence-electron chi connectivity index (χ0n) is 17.8. The van der Waals surface area contributed by atoms with E-state index in [9.17, 15) is 19.5 Å². The van der Waals surface area contributed by atoms with Crippen LogP contribution in [0.4, 0.5) is 0 Å². The van der Waals surface area contributed by atoms with E-state index in [-0.39, 0.29) is 24.3 Å². The first-order valence-electron chi connectivity index (χ1n) is 9.82. The van der Waals surface area contributed by atoms with Gasteiger partial charge in [-0.25, -0.2) is 5.48 Å². The third-order valence-electron chi connectivity index (χ3n) is 4.26. The van der Waals surface area contributed by atoms with Crippen LogP contribution in [0.1, 0.15) is 46.6 Å². The SMILES string of the molecule is CC(=O)NC(CC(C)C)C(=O)NC(C(=O)NOCc1ccccc1)C(O)C(C)C. The second kappa shape index (κ2) is 12.2. The number of nitrogens with one attached hydrogen (secondary N) is 3. The molecule has 1 rings (SSSR count). The molecule has 8 nitrogen and oxygen atoms in total. The van der Waals surface area contributed by atoms with Gasteiger partial charge in [-0.1, -0.05) is 58.0 Å². The molecule has 0 saturated carbocycles. The molecule has 0 bridgehead atoms. The van der Waals surface area contributed by atoms with Crippen molar-refractivity contribution in [3.8, 4) is 0 Å². The summed E-state index contributed by atoms with van der Waals surface area (Å²) >= 11 is 0. The molecule has 0 heterocycles. The molecule has 4 N–H and O–H groups in total. The van der Waals surface area contributed by atoms with Crippen LogP contribution in [-0.4, -0.2) is 41.0 Å². The Kier molecular flexibility index (Phi) is 10.3. The standard InChI is InChI=1S/C21H33N3O5/c1-13(2)11-17(22-15(5)25)20(27)23-18(19(26)14(3)4)21(28)24-29-12-16-9-7-6-8-10-16/h6-10,13-14,17-19,26H,11-12H2,1-5H3,(H,22,25)(H,23,27)(H,24,28). The third-order valence-corrected chi connectivity index (χ3v) is 4.26. The van der Waals surface area contributed by atoms with Gasteiger partial charge in [0.15, 0.2) is 0 Å². The van der Waals surface area contributed by atoms with Crippen LogP contribution in [0.5, 0.6) is 0 Å². The molecule has 3 atom stereocenters. The molecule has 1 aromatic rings. The Bertz CT molecular complexity index is 664. The number of hydrogen-bond acceptors (Lipinski definition) is 5. The number of benzene rings is 1. The summed E-state index contributed by atoms with van der Waals surface area (Å²) in [5, 5.41) is 15.6. The van der Waals surface area contributed by atoms with Crippen molar-refractivity contribution in [1.82, 2.24) is 16.1 Å². The van der Waals surface area contributed by atoms with Gasteiger partial charge in [0.1, 0.15) is 12.1 Å². The number of hydroxylamine groups is 1. The maximum absolute atomic E-state index is 12.7. The molecule has 0 aromatic heterocycles. The van der Waals surface area contributed by atoms with E-state index >= 15 is 0 Å². The average Bonchev–Trinajstić information content (AvgIpc) is 2.64. The molecule has 1 aromatic carbocycles. The minimum atomic E-state index is -1.22. The van der Waals surface area contributed by atoms with Gasteiger partial charge in [0, 0.05) is 6.92 Å². The summed E-state index contributed by atoms with van der Waals surface area (Å²) in [6.07, 6.45) is -0.724. The molecule has 8 heteroatoms. The second-order valence-corrected chi connectivity index (χ2v) is 7.84. The molecule has 0 aliphatic rings. The topological polar surface area (TPSA) is 117 Å². The van der Waals surface area contributed by atoms with Gasteiger partial charge in [0.25, 0.3) is 5.91 Å². The number of hydrogen-bond donors (Lipinski definition) is 4. The highest BCUT2D eigenvalue weighted by molar-refractivity contribution is 5.91. The number of amides is 3. The molecule has 3 amide bonds. The van der Waals surface area contributed by atoms with Crippen molar-refractivity contribution in [2.75, 3.05) is 0 Å². The number of carbonyl (C=O) groups excluding carboxylic acids is 3. The summed E-state index contributed by atoms with van der Waals surface area (Å²) in [5.41, 5.74) is 3.15. The van der Waals surface area contributed by atoms with Crippen molar-refractivity contribution >= 4 is 17.7 Å². The predicted octanol–water partition coefficient (Wildman–Crippen LogP) is 1.29. The lowest BCUT2D eigenvalue weighted by atomic mass is 9.97. The van der Waals surface area contributed by atoms with Crippen LogP contribution in [0.25, 0.3) is 0 Å². The van der Waals surface area contributed by atoms with Crippen molar-refractivity contribution in [2.24, 2.45) is 11.8 Å². The van der Waals surface area contributed by atoms with E-state index in [0.717, 1.165) is 5.56 Å². The van der Waals surface area contributed by atoms with Gasteiger partial charge in [0.05, 0.1) is 12.7 Å². The fourth-order valence-electron chi connectivity index (χ4n) is 2.72. The molecule has 162 valence electrons. The quantitative estimate of drug-likeness (QED) is 0.413. The van der Waals surface area contributed by atoms with E-state index in [1.54, 1.807) is 13.8 Å². The average molecular weight is 408 g/mol. The number of aliphatic hydroxyl groups is 1. The van der Waals surface area contributed by atoms with E-state index in [4.69, 9.17) is 4.84 Å². The van der Waals surface area contributed by atoms with Crippen LogP contribution in [0.2, 0.25) is 0 Å². The van der Waals surface area contributed by atoms with E-state index in [1.165, 1.54) is 6.92 Å². The lowest BCUT2D eigenvalue weighted by Gasteiger charge is -2.28. The van der Waals surface area contributed by atoms with Crippen molar-refractivity contribution < 1.29 is 24.3 Å². The van der Waals surface area contributed by atoms with Gasteiger partial charge >= 0.3 is 0 Å². The van der Waals surface area contributed by atoms with Crippen LogP contribution < -0.4 is 16.1 Å². The van der Waals surface area contributed by atoms with E-state index < -0.39 is 30.0 Å². The number of aliphatic hydroxyl groups excluding tert-OH is 1. The summed E-state index contributed by atoms with van der Waals surface area (Å²) in [6.45, 7) is 8.79. The largest absolute Gasteiger partial charge is 0.390 e. The van der Waals surface area contributed by atoms with E-state index in [1.807, 2.05) is 44.2 Å². The highest BCUT2D eigenvalue weighted by Crippen LogP contribution is 2.10. The maximum Gasteiger partial charge on any atom is 0.268 e. The summed E-state index contributed by atoms with van der Waals surface area (Å²) in [4.78, 5) is 41.9. The number of rotatable bonds is 11. The Labute approximate surface area is 172 Å². The fraction of sp³-hybridized carbons (Fsp3) is 0.571. The zero-order chi connectivity index (χ0) is 22.0. The molecule has 0 aliphatic heterocycles. The predicted molar refractivity (Wildman–Crippen MR) is 109 cm³/mol. The van der Waals surface area contributed by atoms with Crippen LogP contribution in [0.15, 0.2) is 30.3 Å². The van der Waals surface area contributed by atoms with Crippen LogP contribution >= 0.6 is 0 Å². The van der Waals surface area contributed by atoms with Crippen molar-refractivity contribution in [1.29, 1.82) is 0 Å². The van der Waals surface area contributed by atoms with Gasteiger partial charge in [-0.2, -0.15) is 0 Å². The monoisotopic (exact) mass is 407 g/mol. The number of carbonyl (C=O) groups is 3. The smallest absolute Gasteiger partial charge is 0.268 e. The van der Waals surface area contributed by atoms with Gasteiger partial charge in [0.2, 0.25) is 11.8 Å². The molecule has 0 fully saturated rings. The second-order valence-electron chi connectivity index (χ2n) is 7.84. The van der Waals surface area contributed by atoms with E-state index in [2.05, 4.69) is 16.1 Å². The minimum Gasteiger partial charge on any atom is -0.390 e. The molecule has 0 spiro atoms. The molecule has 0 aliphatic carbocycles. The van der Waals surface area contributed by atoms with E-state index in [0.29, 0.717) is 6.42 Å². The molecular formula is C21H33N3O5. The Balaban J connectivity index is 2.80. The summed E-state index contributed by atoms with van der Waals surface area (Å²) in [6, 6.07) is 7.24. The third kappa shape index (κ3) is 9.06. The Morgan fingerprint density at radius 3 is 2.14 bits per heavy atom. The first-order valence-corrected chi connectivity index (χ1v) is 9.82. The molecule has 0 radical (unpaired) electrons. The first kappa shape index (κ1) is 24.6. The Morgan fingerprint density at radius 2 is 1.62 bits per heavy atom. The van der Waals surface area contributed by atoms with Crippen LogP contribution in [0, 0.1) is 11.8 Å². The van der Waals surface area contributed by atoms with Crippen molar-refractivity contribution in [2.45, 2.75) is 65.8 Å². The summed E-state index contributed by atoms with van der Waals surface area (Å²) in [7, 11) is 0. The normalized spacial score (nSPS) is 14.2. The van der Waals surface area contributed by atoms with Gasteiger partial charge in [-0.05, 0) is 23.8 Å². The first-order chi connectivity index (χ1) is 13.6. The fourth-order valence-corrected chi connectivity index (χ4v) is 2.72. The van der Waals surface area contributed by atoms with Gasteiger partial charge < -0.3 is 15.7 Å². The Hall–Kier alpha value is -2.45. The highest BCUT2D eigenvalue weighted by atomic mass is 16.7. The lowest BCUT2D eigenvalue weighted by Crippen LogP contribution is -2.58. The zero-order valence-corrected chi connectivity index (χ0v) is 17.8. The lowest BCUT2D eigenvalue weighted by molar-refractivity contribution is -0.143. The van der Waals surface area contributed by atoms with Crippen LogP contribution in [0.3, 0.4) is 0 Å². The van der Waals surface area contributed by atoms with Crippen LogP contribution in [-0.2, 0) is 25.8 Å². The van der Waals surface area contributed by atoms with Crippen molar-refractivity contribution in [3.05, 3.63) is 35.9 Å².